The molecule has 17 heavy (non-hydrogen) atoms. The zero-order chi connectivity index (χ0) is 12.6. The molecule has 0 saturated carbocycles. The molecular weight excluding hydrogens is 232 g/mol. The highest BCUT2D eigenvalue weighted by Crippen LogP contribution is 2.24. The topological polar surface area (TPSA) is 45.0 Å². The molecule has 4 heteroatoms. The summed E-state index contributed by atoms with van der Waals surface area (Å²) in [4.78, 5) is 0. The van der Waals surface area contributed by atoms with E-state index in [2.05, 4.69) is 30.1 Å². The minimum Gasteiger partial charge on any atom is -0.381 e. The molecule has 1 rings (SSSR count). The molecule has 0 spiro atoms. The van der Waals surface area contributed by atoms with Crippen LogP contribution in [0, 0.1) is 11.3 Å². The van der Waals surface area contributed by atoms with Crippen LogP contribution in [0.4, 0.5) is 0 Å². The number of hydrogen-bond acceptors (Lipinski definition) is 4. The molecular formula is C13H24N2OS. The van der Waals surface area contributed by atoms with E-state index < -0.39 is 0 Å². The number of nitrogens with zero attached hydrogens (tertiary/aromatic N) is 1. The van der Waals surface area contributed by atoms with E-state index in [0.717, 1.165) is 43.5 Å². The number of ether oxygens (including phenoxy) is 1. The number of rotatable bonds is 7. The van der Waals surface area contributed by atoms with E-state index in [-0.39, 0.29) is 5.54 Å². The monoisotopic (exact) mass is 256 g/mol. The van der Waals surface area contributed by atoms with E-state index in [0.29, 0.717) is 0 Å². The second-order valence-electron chi connectivity index (χ2n) is 4.58. The predicted octanol–water partition coefficient (Wildman–Crippen LogP) is 2.57. The molecule has 1 atom stereocenters. The van der Waals surface area contributed by atoms with Gasteiger partial charge in [-0.15, -0.1) is 0 Å². The van der Waals surface area contributed by atoms with Crippen LogP contribution in [0.3, 0.4) is 0 Å². The van der Waals surface area contributed by atoms with Crippen LogP contribution in [-0.2, 0) is 4.74 Å². The Kier molecular flexibility index (Phi) is 6.94. The highest BCUT2D eigenvalue weighted by atomic mass is 32.2. The van der Waals surface area contributed by atoms with E-state index in [1.807, 2.05) is 7.05 Å². The Hall–Kier alpha value is -0.240. The predicted molar refractivity (Wildman–Crippen MR) is 73.2 cm³/mol. The minimum absolute atomic E-state index is 0.309. The smallest absolute Gasteiger partial charge is 0.106 e. The summed E-state index contributed by atoms with van der Waals surface area (Å²) < 4.78 is 5.35. The molecule has 0 aromatic heterocycles. The Morgan fingerprint density at radius 1 is 1.47 bits per heavy atom. The van der Waals surface area contributed by atoms with E-state index >= 15 is 0 Å². The number of nitrogens with one attached hydrogen (secondary N) is 1. The standard InChI is InChI=1S/C13H24N2OS/c1-3-13(11-14,15-2)7-4-10-17-12-5-8-16-9-6-12/h12,15H,3-10H2,1-2H3. The third-order valence-corrected chi connectivity index (χ3v) is 5.03. The van der Waals surface area contributed by atoms with Crippen LogP contribution in [0.25, 0.3) is 0 Å². The van der Waals surface area contributed by atoms with E-state index in [4.69, 9.17) is 4.74 Å². The average Bonchev–Trinajstić information content (AvgIpc) is 2.41. The molecule has 1 N–H and O–H groups in total. The number of thioether (sulfide) groups is 1. The van der Waals surface area contributed by atoms with Crippen LogP contribution in [0.1, 0.15) is 39.0 Å². The summed E-state index contributed by atoms with van der Waals surface area (Å²) in [5, 5.41) is 13.1. The highest BCUT2D eigenvalue weighted by Gasteiger charge is 2.25. The Morgan fingerprint density at radius 3 is 2.71 bits per heavy atom. The van der Waals surface area contributed by atoms with Crippen molar-refractivity contribution in [3.05, 3.63) is 0 Å². The van der Waals surface area contributed by atoms with Gasteiger partial charge < -0.3 is 10.1 Å². The van der Waals surface area contributed by atoms with Crippen molar-refractivity contribution in [2.75, 3.05) is 26.0 Å². The Bertz CT molecular complexity index is 242. The first-order valence-corrected chi connectivity index (χ1v) is 7.60. The van der Waals surface area contributed by atoms with Gasteiger partial charge in [0.15, 0.2) is 0 Å². The van der Waals surface area contributed by atoms with Gasteiger partial charge in [0.25, 0.3) is 0 Å². The Morgan fingerprint density at radius 2 is 2.18 bits per heavy atom. The first-order chi connectivity index (χ1) is 8.26. The Labute approximate surface area is 109 Å². The second-order valence-corrected chi connectivity index (χ2v) is 5.99. The van der Waals surface area contributed by atoms with Crippen LogP contribution < -0.4 is 5.32 Å². The van der Waals surface area contributed by atoms with Gasteiger partial charge in [0, 0.05) is 18.5 Å². The van der Waals surface area contributed by atoms with Crippen molar-refractivity contribution in [2.24, 2.45) is 0 Å². The van der Waals surface area contributed by atoms with E-state index in [1.165, 1.54) is 12.8 Å². The molecule has 0 radical (unpaired) electrons. The molecule has 0 bridgehead atoms. The molecule has 3 nitrogen and oxygen atoms in total. The van der Waals surface area contributed by atoms with Crippen LogP contribution in [0.2, 0.25) is 0 Å². The molecule has 1 saturated heterocycles. The molecule has 1 heterocycles. The Balaban J connectivity index is 2.16. The SMILES string of the molecule is CCC(C#N)(CCCSC1CCOCC1)NC. The zero-order valence-corrected chi connectivity index (χ0v) is 11.8. The van der Waals surface area contributed by atoms with Gasteiger partial charge in [0.1, 0.15) is 5.54 Å². The molecule has 0 amide bonds. The first kappa shape index (κ1) is 14.8. The van der Waals surface area contributed by atoms with Crippen LogP contribution >= 0.6 is 11.8 Å². The highest BCUT2D eigenvalue weighted by molar-refractivity contribution is 7.99. The van der Waals surface area contributed by atoms with Gasteiger partial charge in [-0.3, -0.25) is 0 Å². The molecule has 1 fully saturated rings. The normalized spacial score (nSPS) is 20.8. The number of hydrogen-bond donors (Lipinski definition) is 1. The van der Waals surface area contributed by atoms with Crippen LogP contribution in [0.5, 0.6) is 0 Å². The fourth-order valence-corrected chi connectivity index (χ4v) is 3.31. The van der Waals surface area contributed by atoms with Crippen molar-refractivity contribution >= 4 is 11.8 Å². The summed E-state index contributed by atoms with van der Waals surface area (Å²) in [7, 11) is 1.89. The lowest BCUT2D eigenvalue weighted by Crippen LogP contribution is -2.40. The van der Waals surface area contributed by atoms with E-state index in [1.54, 1.807) is 0 Å². The average molecular weight is 256 g/mol. The molecule has 1 aliphatic rings. The second kappa shape index (κ2) is 7.97. The maximum Gasteiger partial charge on any atom is 0.106 e. The summed E-state index contributed by atoms with van der Waals surface area (Å²) in [6, 6.07) is 2.41. The van der Waals surface area contributed by atoms with E-state index in [9.17, 15) is 5.26 Å². The molecule has 1 aliphatic heterocycles. The summed E-state index contributed by atoms with van der Waals surface area (Å²) in [6.07, 6.45) is 5.32. The van der Waals surface area contributed by atoms with Gasteiger partial charge in [-0.05, 0) is 44.9 Å². The van der Waals surface area contributed by atoms with Crippen molar-refractivity contribution in [2.45, 2.75) is 49.8 Å². The summed E-state index contributed by atoms with van der Waals surface area (Å²) in [5.41, 5.74) is -0.309. The first-order valence-electron chi connectivity index (χ1n) is 6.56. The quantitative estimate of drug-likeness (QED) is 0.711. The minimum atomic E-state index is -0.309. The van der Waals surface area contributed by atoms with Crippen molar-refractivity contribution in [3.8, 4) is 6.07 Å². The van der Waals surface area contributed by atoms with Gasteiger partial charge in [0.05, 0.1) is 6.07 Å². The summed E-state index contributed by atoms with van der Waals surface area (Å²) in [5.74, 6) is 1.16. The van der Waals surface area contributed by atoms with Gasteiger partial charge in [-0.2, -0.15) is 17.0 Å². The maximum atomic E-state index is 9.19. The fourth-order valence-electron chi connectivity index (χ4n) is 2.14. The van der Waals surface area contributed by atoms with Gasteiger partial charge in [0.2, 0.25) is 0 Å². The molecule has 0 aromatic carbocycles. The number of nitriles is 1. The van der Waals surface area contributed by atoms with Crippen molar-refractivity contribution in [1.29, 1.82) is 5.26 Å². The lowest BCUT2D eigenvalue weighted by atomic mass is 9.93. The van der Waals surface area contributed by atoms with Gasteiger partial charge in [-0.1, -0.05) is 6.92 Å². The largest absolute Gasteiger partial charge is 0.381 e. The molecule has 0 aromatic rings. The maximum absolute atomic E-state index is 9.19. The summed E-state index contributed by atoms with van der Waals surface area (Å²) >= 11 is 2.05. The van der Waals surface area contributed by atoms with Crippen molar-refractivity contribution in [1.82, 2.24) is 5.32 Å². The van der Waals surface area contributed by atoms with Gasteiger partial charge >= 0.3 is 0 Å². The molecule has 0 aliphatic carbocycles. The van der Waals surface area contributed by atoms with Crippen LogP contribution in [-0.4, -0.2) is 36.8 Å². The fraction of sp³-hybridized carbons (Fsp3) is 0.923. The third-order valence-electron chi connectivity index (χ3n) is 3.57. The van der Waals surface area contributed by atoms with Crippen molar-refractivity contribution in [3.63, 3.8) is 0 Å². The third kappa shape index (κ3) is 4.87. The summed E-state index contributed by atoms with van der Waals surface area (Å²) in [6.45, 7) is 3.92. The van der Waals surface area contributed by atoms with Crippen LogP contribution in [0.15, 0.2) is 0 Å². The zero-order valence-electron chi connectivity index (χ0n) is 11.0. The lowest BCUT2D eigenvalue weighted by molar-refractivity contribution is 0.1000. The lowest BCUT2D eigenvalue weighted by Gasteiger charge is -2.25. The molecule has 1 unspecified atom stereocenters. The van der Waals surface area contributed by atoms with Gasteiger partial charge in [-0.25, -0.2) is 0 Å². The van der Waals surface area contributed by atoms with Crippen molar-refractivity contribution < 1.29 is 4.74 Å². The molecule has 98 valence electrons.